The van der Waals surface area contributed by atoms with E-state index in [0.717, 1.165) is 0 Å². The Labute approximate surface area is 154 Å². The molecule has 0 bridgehead atoms. The zero-order valence-corrected chi connectivity index (χ0v) is 15.2. The van der Waals surface area contributed by atoms with E-state index in [1.165, 1.54) is 26.7 Å². The molecular weight excluding hydrogens is 358 g/mol. The third kappa shape index (κ3) is 3.85. The molecule has 0 saturated carbocycles. The first-order valence-electron chi connectivity index (χ1n) is 7.95. The highest BCUT2D eigenvalue weighted by atomic mass is 35.5. The molecule has 0 unspecified atom stereocenters. The zero-order chi connectivity index (χ0) is 18.7. The predicted octanol–water partition coefficient (Wildman–Crippen LogP) is 1.32. The molecule has 8 nitrogen and oxygen atoms in total. The summed E-state index contributed by atoms with van der Waals surface area (Å²) in [5.74, 6) is 0.467. The molecule has 9 heteroatoms. The summed E-state index contributed by atoms with van der Waals surface area (Å²) in [5, 5.41) is 5.03. The molecule has 3 rings (SSSR count). The molecule has 2 heterocycles. The Morgan fingerprint density at radius 2 is 2.04 bits per heavy atom. The van der Waals surface area contributed by atoms with Crippen LogP contribution in [0.3, 0.4) is 0 Å². The van der Waals surface area contributed by atoms with Gasteiger partial charge in [-0.25, -0.2) is 4.98 Å². The van der Waals surface area contributed by atoms with Gasteiger partial charge in [0.25, 0.3) is 5.56 Å². The van der Waals surface area contributed by atoms with Gasteiger partial charge in [-0.05, 0) is 24.3 Å². The third-order valence-corrected chi connectivity index (χ3v) is 4.21. The van der Waals surface area contributed by atoms with Crippen LogP contribution in [0.1, 0.15) is 0 Å². The first kappa shape index (κ1) is 17.9. The highest BCUT2D eigenvalue weighted by molar-refractivity contribution is 6.30. The van der Waals surface area contributed by atoms with Gasteiger partial charge in [-0.1, -0.05) is 11.6 Å². The Morgan fingerprint density at radius 3 is 2.77 bits per heavy atom. The van der Waals surface area contributed by atoms with Crippen molar-refractivity contribution >= 4 is 28.5 Å². The number of ether oxygens (including phenoxy) is 1. The molecule has 0 saturated heterocycles. The van der Waals surface area contributed by atoms with Crippen LogP contribution in [0, 0.1) is 0 Å². The monoisotopic (exact) mass is 375 g/mol. The van der Waals surface area contributed by atoms with E-state index in [1.807, 2.05) is 0 Å². The molecule has 0 atom stereocenters. The predicted molar refractivity (Wildman–Crippen MR) is 97.4 cm³/mol. The quantitative estimate of drug-likeness (QED) is 0.649. The van der Waals surface area contributed by atoms with Gasteiger partial charge in [-0.15, -0.1) is 0 Å². The molecule has 0 radical (unpaired) electrons. The second-order valence-corrected chi connectivity index (χ2v) is 6.24. The summed E-state index contributed by atoms with van der Waals surface area (Å²) in [4.78, 5) is 30.4. The maximum atomic E-state index is 12.4. The van der Waals surface area contributed by atoms with Gasteiger partial charge in [0.05, 0.1) is 12.7 Å². The number of nitrogens with zero attached hydrogens (tertiary/aromatic N) is 5. The normalized spacial score (nSPS) is 10.9. The van der Waals surface area contributed by atoms with Crippen molar-refractivity contribution in [3.05, 3.63) is 52.2 Å². The van der Waals surface area contributed by atoms with Crippen LogP contribution >= 0.6 is 11.6 Å². The van der Waals surface area contributed by atoms with Crippen LogP contribution in [0.15, 0.2) is 41.6 Å². The van der Waals surface area contributed by atoms with E-state index in [2.05, 4.69) is 10.1 Å². The van der Waals surface area contributed by atoms with Crippen LogP contribution in [-0.4, -0.2) is 50.3 Å². The molecule has 0 N–H and O–H groups in total. The molecule has 1 amide bonds. The molecule has 26 heavy (non-hydrogen) atoms. The molecule has 0 aliphatic carbocycles. The molecule has 3 aromatic rings. The number of aromatic nitrogens is 4. The number of hydrogen-bond donors (Lipinski definition) is 0. The van der Waals surface area contributed by atoms with Gasteiger partial charge in [0.15, 0.2) is 5.65 Å². The number of carbonyl (C=O) groups excluding carboxylic acids is 1. The van der Waals surface area contributed by atoms with Crippen molar-refractivity contribution in [1.29, 1.82) is 0 Å². The standard InChI is InChI=1S/C17H18ClN5O3/c1-21(7-8-26-13-5-3-12(18)4-6-13)15(24)10-23-11-19-16-14(17(23)25)9-20-22(16)2/h3-6,9,11H,7-8,10H2,1-2H3. The van der Waals surface area contributed by atoms with Gasteiger partial charge in [0.1, 0.15) is 30.6 Å². The molecule has 136 valence electrons. The summed E-state index contributed by atoms with van der Waals surface area (Å²) in [5.41, 5.74) is 0.200. The van der Waals surface area contributed by atoms with E-state index in [0.29, 0.717) is 35.0 Å². The van der Waals surface area contributed by atoms with Crippen LogP contribution in [0.2, 0.25) is 5.02 Å². The Balaban J connectivity index is 1.58. The summed E-state index contributed by atoms with van der Waals surface area (Å²) in [6.07, 6.45) is 2.82. The number of aryl methyl sites for hydroxylation is 1. The SMILES string of the molecule is CN(CCOc1ccc(Cl)cc1)C(=O)Cn1cnc2c(cnn2C)c1=O. The van der Waals surface area contributed by atoms with Crippen LogP contribution in [-0.2, 0) is 18.4 Å². The number of halogens is 1. The van der Waals surface area contributed by atoms with Crippen LogP contribution in [0.25, 0.3) is 11.0 Å². The summed E-state index contributed by atoms with van der Waals surface area (Å²) in [7, 11) is 3.37. The van der Waals surface area contributed by atoms with Crippen molar-refractivity contribution < 1.29 is 9.53 Å². The minimum Gasteiger partial charge on any atom is -0.492 e. The smallest absolute Gasteiger partial charge is 0.264 e. The minimum absolute atomic E-state index is 0.0892. The largest absolute Gasteiger partial charge is 0.492 e. The van der Waals surface area contributed by atoms with E-state index in [1.54, 1.807) is 38.4 Å². The molecule has 0 fully saturated rings. The second-order valence-electron chi connectivity index (χ2n) is 5.80. The first-order valence-corrected chi connectivity index (χ1v) is 8.33. The van der Waals surface area contributed by atoms with Gasteiger partial charge in [-0.2, -0.15) is 5.10 Å². The molecule has 0 aliphatic heterocycles. The van der Waals surface area contributed by atoms with Gasteiger partial charge in [-0.3, -0.25) is 18.8 Å². The van der Waals surface area contributed by atoms with Crippen LogP contribution in [0.5, 0.6) is 5.75 Å². The number of likely N-dealkylation sites (N-methyl/N-ethyl adjacent to an activating group) is 1. The molecule has 1 aromatic carbocycles. The fourth-order valence-corrected chi connectivity index (χ4v) is 2.53. The molecule has 0 spiro atoms. The maximum Gasteiger partial charge on any atom is 0.264 e. The lowest BCUT2D eigenvalue weighted by Crippen LogP contribution is -2.36. The van der Waals surface area contributed by atoms with E-state index < -0.39 is 0 Å². The van der Waals surface area contributed by atoms with Gasteiger partial charge < -0.3 is 9.64 Å². The van der Waals surface area contributed by atoms with E-state index >= 15 is 0 Å². The zero-order valence-electron chi connectivity index (χ0n) is 14.4. The molecule has 2 aromatic heterocycles. The lowest BCUT2D eigenvalue weighted by atomic mass is 10.3. The highest BCUT2D eigenvalue weighted by Gasteiger charge is 2.13. The number of fused-ring (bicyclic) bond motifs is 1. The molecule has 0 aliphatic rings. The van der Waals surface area contributed by atoms with Crippen molar-refractivity contribution in [1.82, 2.24) is 24.2 Å². The highest BCUT2D eigenvalue weighted by Crippen LogP contribution is 2.15. The van der Waals surface area contributed by atoms with Crippen molar-refractivity contribution in [2.75, 3.05) is 20.2 Å². The van der Waals surface area contributed by atoms with Gasteiger partial charge >= 0.3 is 0 Å². The average molecular weight is 376 g/mol. The Morgan fingerprint density at radius 1 is 1.31 bits per heavy atom. The lowest BCUT2D eigenvalue weighted by molar-refractivity contribution is -0.130. The topological polar surface area (TPSA) is 82.2 Å². The van der Waals surface area contributed by atoms with E-state index in [4.69, 9.17) is 16.3 Å². The summed E-state index contributed by atoms with van der Waals surface area (Å²) >= 11 is 5.82. The number of hydrogen-bond acceptors (Lipinski definition) is 5. The number of carbonyl (C=O) groups is 1. The van der Waals surface area contributed by atoms with E-state index in [9.17, 15) is 9.59 Å². The van der Waals surface area contributed by atoms with Crippen molar-refractivity contribution in [3.63, 3.8) is 0 Å². The Kier molecular flexibility index (Phi) is 5.22. The maximum absolute atomic E-state index is 12.4. The fraction of sp³-hybridized carbons (Fsp3) is 0.294. The Bertz CT molecular complexity index is 980. The summed E-state index contributed by atoms with van der Waals surface area (Å²) in [6.45, 7) is 0.631. The number of benzene rings is 1. The van der Waals surface area contributed by atoms with Crippen molar-refractivity contribution in [3.8, 4) is 5.75 Å². The lowest BCUT2D eigenvalue weighted by Gasteiger charge is -2.18. The number of rotatable bonds is 6. The Hall–Kier alpha value is -2.87. The minimum atomic E-state index is -0.290. The number of amides is 1. The summed E-state index contributed by atoms with van der Waals surface area (Å²) < 4.78 is 8.37. The van der Waals surface area contributed by atoms with Crippen molar-refractivity contribution in [2.45, 2.75) is 6.54 Å². The summed E-state index contributed by atoms with van der Waals surface area (Å²) in [6, 6.07) is 7.00. The van der Waals surface area contributed by atoms with Crippen molar-refractivity contribution in [2.24, 2.45) is 7.05 Å². The third-order valence-electron chi connectivity index (χ3n) is 3.96. The van der Waals surface area contributed by atoms with Crippen LogP contribution < -0.4 is 10.3 Å². The van der Waals surface area contributed by atoms with E-state index in [-0.39, 0.29) is 18.0 Å². The van der Waals surface area contributed by atoms with Gasteiger partial charge in [0.2, 0.25) is 5.91 Å². The fourth-order valence-electron chi connectivity index (χ4n) is 2.40. The second kappa shape index (κ2) is 7.57. The van der Waals surface area contributed by atoms with Gasteiger partial charge in [0, 0.05) is 19.1 Å². The first-order chi connectivity index (χ1) is 12.5. The average Bonchev–Trinajstić information content (AvgIpc) is 3.00. The molecular formula is C17H18ClN5O3. The van der Waals surface area contributed by atoms with Crippen LogP contribution in [0.4, 0.5) is 0 Å².